The summed E-state index contributed by atoms with van der Waals surface area (Å²) in [5.41, 5.74) is -1.58. The molecular weight excluding hydrogens is 265 g/mol. The van der Waals surface area contributed by atoms with Crippen LogP contribution in [-0.4, -0.2) is 40.8 Å². The van der Waals surface area contributed by atoms with Crippen molar-refractivity contribution >= 4 is 12.1 Å². The number of hydrogen-bond acceptors (Lipinski definition) is 3. The van der Waals surface area contributed by atoms with Crippen molar-refractivity contribution in [2.45, 2.75) is 19.2 Å². The van der Waals surface area contributed by atoms with Crippen LogP contribution in [0, 0.1) is 5.92 Å². The van der Waals surface area contributed by atoms with Crippen molar-refractivity contribution in [1.29, 1.82) is 0 Å². The normalized spacial score (nSPS) is 25.5. The number of halogens is 1. The van der Waals surface area contributed by atoms with Gasteiger partial charge in [0.05, 0.1) is 6.54 Å². The largest absolute Gasteiger partial charge is 0.479 e. The lowest BCUT2D eigenvalue weighted by Crippen LogP contribution is -2.41. The minimum absolute atomic E-state index is 0.0381. The van der Waals surface area contributed by atoms with E-state index >= 15 is 0 Å². The molecule has 108 valence electrons. The maximum absolute atomic E-state index is 14.2. The molecule has 0 spiro atoms. The molecule has 0 unspecified atom stereocenters. The number of carboxylic acids is 1. The van der Waals surface area contributed by atoms with Crippen LogP contribution in [0.25, 0.3) is 0 Å². The summed E-state index contributed by atoms with van der Waals surface area (Å²) in [5, 5.41) is 8.90. The molecule has 1 aromatic rings. The smallest absolute Gasteiger partial charge is 0.410 e. The predicted molar refractivity (Wildman–Crippen MR) is 68.8 cm³/mol. The SMILES string of the molecule is C[C@@H]1CN(C(=O)OCc2ccccc2)C[C@@]1(F)C(=O)O. The highest BCUT2D eigenvalue weighted by Gasteiger charge is 2.52. The molecule has 5 nitrogen and oxygen atoms in total. The van der Waals surface area contributed by atoms with Crippen LogP contribution >= 0.6 is 0 Å². The summed E-state index contributed by atoms with van der Waals surface area (Å²) in [6, 6.07) is 9.08. The first-order chi connectivity index (χ1) is 9.43. The average molecular weight is 281 g/mol. The highest BCUT2D eigenvalue weighted by atomic mass is 19.1. The standard InChI is InChI=1S/C14H16FNO4/c1-10-7-16(9-14(10,15)12(17)18)13(19)20-8-11-5-3-2-4-6-11/h2-6,10H,7-9H2,1H3,(H,17,18)/t10-,14+/m1/s1. The summed E-state index contributed by atoms with van der Waals surface area (Å²) in [5.74, 6) is -2.30. The second kappa shape index (κ2) is 5.48. The Balaban J connectivity index is 1.93. The number of benzene rings is 1. The van der Waals surface area contributed by atoms with Gasteiger partial charge >= 0.3 is 12.1 Å². The molecule has 1 N–H and O–H groups in total. The number of alkyl halides is 1. The monoisotopic (exact) mass is 281 g/mol. The van der Waals surface area contributed by atoms with E-state index in [9.17, 15) is 14.0 Å². The van der Waals surface area contributed by atoms with E-state index in [2.05, 4.69) is 0 Å². The van der Waals surface area contributed by atoms with Gasteiger partial charge in [0.15, 0.2) is 0 Å². The molecule has 2 rings (SSSR count). The first-order valence-electron chi connectivity index (χ1n) is 6.31. The van der Waals surface area contributed by atoms with Crippen LogP contribution in [-0.2, 0) is 16.1 Å². The Morgan fingerprint density at radius 1 is 1.45 bits per heavy atom. The Bertz CT molecular complexity index is 507. The Labute approximate surface area is 116 Å². The zero-order valence-electron chi connectivity index (χ0n) is 11.1. The number of aliphatic carboxylic acids is 1. The van der Waals surface area contributed by atoms with E-state index in [0.29, 0.717) is 0 Å². The van der Waals surface area contributed by atoms with Crippen molar-refractivity contribution in [3.63, 3.8) is 0 Å². The Morgan fingerprint density at radius 2 is 2.10 bits per heavy atom. The van der Waals surface area contributed by atoms with E-state index in [1.807, 2.05) is 18.2 Å². The molecule has 20 heavy (non-hydrogen) atoms. The number of carboxylic acid groups (broad SMARTS) is 1. The van der Waals surface area contributed by atoms with E-state index in [0.717, 1.165) is 10.5 Å². The number of rotatable bonds is 3. The van der Waals surface area contributed by atoms with E-state index in [1.165, 1.54) is 6.92 Å². The van der Waals surface area contributed by atoms with E-state index in [4.69, 9.17) is 9.84 Å². The Morgan fingerprint density at radius 3 is 2.65 bits per heavy atom. The van der Waals surface area contributed by atoms with Gasteiger partial charge in [-0.1, -0.05) is 37.3 Å². The lowest BCUT2D eigenvalue weighted by atomic mass is 9.95. The van der Waals surface area contributed by atoms with Gasteiger partial charge in [-0.3, -0.25) is 0 Å². The molecule has 0 aliphatic carbocycles. The summed E-state index contributed by atoms with van der Waals surface area (Å²) in [6.07, 6.45) is -0.693. The van der Waals surface area contributed by atoms with Crippen LogP contribution in [0.1, 0.15) is 12.5 Å². The van der Waals surface area contributed by atoms with Crippen LogP contribution in [0.5, 0.6) is 0 Å². The van der Waals surface area contributed by atoms with Gasteiger partial charge in [0.2, 0.25) is 5.67 Å². The lowest BCUT2D eigenvalue weighted by molar-refractivity contribution is -0.152. The maximum atomic E-state index is 14.2. The lowest BCUT2D eigenvalue weighted by Gasteiger charge is -2.18. The zero-order valence-corrected chi connectivity index (χ0v) is 11.1. The van der Waals surface area contributed by atoms with Gasteiger partial charge < -0.3 is 14.7 Å². The quantitative estimate of drug-likeness (QED) is 0.921. The van der Waals surface area contributed by atoms with Gasteiger partial charge in [-0.2, -0.15) is 0 Å². The van der Waals surface area contributed by atoms with Crippen LogP contribution < -0.4 is 0 Å². The number of likely N-dealkylation sites (tertiary alicyclic amines) is 1. The van der Waals surface area contributed by atoms with Gasteiger partial charge in [0.25, 0.3) is 0 Å². The number of hydrogen-bond donors (Lipinski definition) is 1. The highest BCUT2D eigenvalue weighted by molar-refractivity contribution is 5.80. The van der Waals surface area contributed by atoms with Crippen molar-refractivity contribution in [1.82, 2.24) is 4.90 Å². The predicted octanol–water partition coefficient (Wildman–Crippen LogP) is 2.07. The Hall–Kier alpha value is -2.11. The summed E-state index contributed by atoms with van der Waals surface area (Å²) in [6.45, 7) is 1.11. The third-order valence-corrected chi connectivity index (χ3v) is 3.52. The molecule has 6 heteroatoms. The number of nitrogens with zero attached hydrogens (tertiary/aromatic N) is 1. The molecule has 0 radical (unpaired) electrons. The number of carbonyl (C=O) groups is 2. The molecule has 1 amide bonds. The number of ether oxygens (including phenoxy) is 1. The Kier molecular flexibility index (Phi) is 3.92. The van der Waals surface area contributed by atoms with Gasteiger partial charge in [-0.25, -0.2) is 14.0 Å². The van der Waals surface area contributed by atoms with E-state index in [-0.39, 0.29) is 13.2 Å². The number of amides is 1. The molecular formula is C14H16FNO4. The summed E-state index contributed by atoms with van der Waals surface area (Å²) in [7, 11) is 0. The fraction of sp³-hybridized carbons (Fsp3) is 0.429. The van der Waals surface area contributed by atoms with Crippen LogP contribution in [0.15, 0.2) is 30.3 Å². The van der Waals surface area contributed by atoms with Crippen LogP contribution in [0.3, 0.4) is 0 Å². The average Bonchev–Trinajstić information content (AvgIpc) is 2.75. The van der Waals surface area contributed by atoms with Crippen molar-refractivity contribution in [2.24, 2.45) is 5.92 Å². The van der Waals surface area contributed by atoms with Crippen LogP contribution in [0.4, 0.5) is 9.18 Å². The minimum Gasteiger partial charge on any atom is -0.479 e. The molecule has 1 heterocycles. The van der Waals surface area contributed by atoms with Gasteiger partial charge in [-0.15, -0.1) is 0 Å². The fourth-order valence-electron chi connectivity index (χ4n) is 2.20. The van der Waals surface area contributed by atoms with Crippen molar-refractivity contribution < 1.29 is 23.8 Å². The molecule has 1 saturated heterocycles. The maximum Gasteiger partial charge on any atom is 0.410 e. The van der Waals surface area contributed by atoms with Gasteiger partial charge in [0, 0.05) is 12.5 Å². The molecule has 2 atom stereocenters. The first kappa shape index (κ1) is 14.3. The van der Waals surface area contributed by atoms with Crippen LogP contribution in [0.2, 0.25) is 0 Å². The molecule has 1 aromatic carbocycles. The molecule has 0 aromatic heterocycles. The van der Waals surface area contributed by atoms with Gasteiger partial charge in [0.1, 0.15) is 6.61 Å². The topological polar surface area (TPSA) is 66.8 Å². The third kappa shape index (κ3) is 2.74. The minimum atomic E-state index is -2.40. The summed E-state index contributed by atoms with van der Waals surface area (Å²) >= 11 is 0. The summed E-state index contributed by atoms with van der Waals surface area (Å²) in [4.78, 5) is 23.8. The molecule has 1 aliphatic rings. The first-order valence-corrected chi connectivity index (χ1v) is 6.31. The van der Waals surface area contributed by atoms with E-state index < -0.39 is 30.2 Å². The highest BCUT2D eigenvalue weighted by Crippen LogP contribution is 2.32. The second-order valence-corrected chi connectivity index (χ2v) is 4.99. The molecule has 0 saturated carbocycles. The number of carbonyl (C=O) groups excluding carboxylic acids is 1. The van der Waals surface area contributed by atoms with Crippen molar-refractivity contribution in [3.05, 3.63) is 35.9 Å². The molecule has 0 bridgehead atoms. The van der Waals surface area contributed by atoms with E-state index in [1.54, 1.807) is 12.1 Å². The van der Waals surface area contributed by atoms with Gasteiger partial charge in [-0.05, 0) is 5.56 Å². The fourth-order valence-corrected chi connectivity index (χ4v) is 2.20. The summed E-state index contributed by atoms with van der Waals surface area (Å²) < 4.78 is 19.2. The van der Waals surface area contributed by atoms with Crippen molar-refractivity contribution in [3.8, 4) is 0 Å². The third-order valence-electron chi connectivity index (χ3n) is 3.52. The molecule has 1 aliphatic heterocycles. The molecule has 1 fully saturated rings. The second-order valence-electron chi connectivity index (χ2n) is 4.99. The zero-order chi connectivity index (χ0) is 14.8. The van der Waals surface area contributed by atoms with Crippen molar-refractivity contribution in [2.75, 3.05) is 13.1 Å².